The molecule has 1 fully saturated rings. The number of piperidine rings is 1. The van der Waals surface area contributed by atoms with Crippen LogP contribution in [0.25, 0.3) is 10.8 Å². The first-order valence-corrected chi connectivity index (χ1v) is 13.0. The molecule has 34 heavy (non-hydrogen) atoms. The SMILES string of the molecule is COc1ccc2cc(CN(C)C(=O)C3CCN(S(=O)(=O)c4ccc(C)cc4C)CC3)ccc2c1. The maximum absolute atomic E-state index is 13.1. The quantitative estimate of drug-likeness (QED) is 0.520. The Morgan fingerprint density at radius 2 is 1.68 bits per heavy atom. The monoisotopic (exact) mass is 480 g/mol. The number of nitrogens with zero attached hydrogens (tertiary/aromatic N) is 2. The summed E-state index contributed by atoms with van der Waals surface area (Å²) < 4.78 is 33.1. The number of hydrogen-bond donors (Lipinski definition) is 0. The van der Waals surface area contributed by atoms with Crippen molar-refractivity contribution >= 4 is 26.7 Å². The van der Waals surface area contributed by atoms with Crippen molar-refractivity contribution in [1.29, 1.82) is 0 Å². The van der Waals surface area contributed by atoms with Crippen LogP contribution in [0.5, 0.6) is 5.75 Å². The van der Waals surface area contributed by atoms with E-state index in [9.17, 15) is 13.2 Å². The average molecular weight is 481 g/mol. The molecule has 1 heterocycles. The fraction of sp³-hybridized carbons (Fsp3) is 0.370. The molecule has 0 aromatic heterocycles. The summed E-state index contributed by atoms with van der Waals surface area (Å²) in [7, 11) is -0.0827. The summed E-state index contributed by atoms with van der Waals surface area (Å²) in [5.41, 5.74) is 2.85. The van der Waals surface area contributed by atoms with E-state index in [1.54, 1.807) is 18.1 Å². The Labute approximate surface area is 202 Å². The first-order valence-electron chi connectivity index (χ1n) is 11.6. The lowest BCUT2D eigenvalue weighted by molar-refractivity contribution is -0.135. The second-order valence-electron chi connectivity index (χ2n) is 9.19. The molecule has 0 N–H and O–H groups in total. The Hall–Kier alpha value is -2.90. The molecule has 1 aliphatic heterocycles. The molecule has 1 saturated heterocycles. The third-order valence-corrected chi connectivity index (χ3v) is 8.72. The van der Waals surface area contributed by atoms with E-state index >= 15 is 0 Å². The zero-order valence-corrected chi connectivity index (χ0v) is 21.1. The zero-order valence-electron chi connectivity index (χ0n) is 20.2. The van der Waals surface area contributed by atoms with Crippen LogP contribution in [0.3, 0.4) is 0 Å². The standard InChI is InChI=1S/C27H32N2O4S/c1-19-5-10-26(20(2)15-19)34(31,32)29-13-11-22(12-14-29)27(30)28(3)18-21-6-7-24-17-25(33-4)9-8-23(24)16-21/h5-10,15-17,22H,11-14,18H2,1-4H3. The van der Waals surface area contributed by atoms with E-state index in [0.29, 0.717) is 37.4 Å². The zero-order chi connectivity index (χ0) is 24.5. The number of carbonyl (C=O) groups excluding carboxylic acids is 1. The third kappa shape index (κ3) is 4.95. The van der Waals surface area contributed by atoms with E-state index in [4.69, 9.17) is 4.74 Å². The molecule has 7 heteroatoms. The van der Waals surface area contributed by atoms with Gasteiger partial charge in [-0.3, -0.25) is 4.79 Å². The maximum Gasteiger partial charge on any atom is 0.243 e. The summed E-state index contributed by atoms with van der Waals surface area (Å²) in [6.45, 7) is 5.01. The summed E-state index contributed by atoms with van der Waals surface area (Å²) in [5, 5.41) is 2.19. The molecule has 0 saturated carbocycles. The van der Waals surface area contributed by atoms with Gasteiger partial charge < -0.3 is 9.64 Å². The topological polar surface area (TPSA) is 66.9 Å². The second kappa shape index (κ2) is 9.76. The van der Waals surface area contributed by atoms with Gasteiger partial charge in [-0.2, -0.15) is 4.31 Å². The number of hydrogen-bond acceptors (Lipinski definition) is 4. The molecule has 0 aliphatic carbocycles. The van der Waals surface area contributed by atoms with E-state index in [1.807, 2.05) is 63.4 Å². The number of fused-ring (bicyclic) bond motifs is 1. The molecule has 1 amide bonds. The molecule has 0 unspecified atom stereocenters. The normalized spacial score (nSPS) is 15.4. The molecule has 0 radical (unpaired) electrons. The minimum absolute atomic E-state index is 0.0680. The van der Waals surface area contributed by atoms with Crippen LogP contribution in [-0.4, -0.2) is 50.8 Å². The van der Waals surface area contributed by atoms with Gasteiger partial charge in [-0.1, -0.05) is 35.9 Å². The van der Waals surface area contributed by atoms with Crippen molar-refractivity contribution in [2.45, 2.75) is 38.1 Å². The highest BCUT2D eigenvalue weighted by Gasteiger charge is 2.33. The van der Waals surface area contributed by atoms with Gasteiger partial charge in [0.1, 0.15) is 5.75 Å². The Morgan fingerprint density at radius 3 is 2.35 bits per heavy atom. The minimum Gasteiger partial charge on any atom is -0.497 e. The molecule has 1 aliphatic rings. The van der Waals surface area contributed by atoms with Crippen molar-refractivity contribution in [3.05, 3.63) is 71.3 Å². The highest BCUT2D eigenvalue weighted by Crippen LogP contribution is 2.28. The third-order valence-electron chi connectivity index (χ3n) is 6.66. The van der Waals surface area contributed by atoms with E-state index in [-0.39, 0.29) is 11.8 Å². The Kier molecular flexibility index (Phi) is 6.96. The van der Waals surface area contributed by atoms with Gasteiger partial charge in [-0.05, 0) is 72.9 Å². The fourth-order valence-corrected chi connectivity index (χ4v) is 6.41. The van der Waals surface area contributed by atoms with Crippen molar-refractivity contribution < 1.29 is 17.9 Å². The molecular weight excluding hydrogens is 448 g/mol. The van der Waals surface area contributed by atoms with E-state index in [1.165, 1.54) is 4.31 Å². The Morgan fingerprint density at radius 1 is 1.00 bits per heavy atom. The number of methoxy groups -OCH3 is 1. The van der Waals surface area contributed by atoms with Gasteiger partial charge in [-0.15, -0.1) is 0 Å². The number of aryl methyl sites for hydroxylation is 2. The molecule has 0 bridgehead atoms. The number of sulfonamides is 1. The van der Waals surface area contributed by atoms with Gasteiger partial charge in [0, 0.05) is 32.6 Å². The van der Waals surface area contributed by atoms with Crippen molar-refractivity contribution in [3.63, 3.8) is 0 Å². The Bertz CT molecular complexity index is 1310. The largest absolute Gasteiger partial charge is 0.497 e. The van der Waals surface area contributed by atoms with Crippen LogP contribution < -0.4 is 4.74 Å². The van der Waals surface area contributed by atoms with Gasteiger partial charge in [0.25, 0.3) is 0 Å². The number of benzene rings is 3. The summed E-state index contributed by atoms with van der Waals surface area (Å²) >= 11 is 0. The lowest BCUT2D eigenvalue weighted by Crippen LogP contribution is -2.43. The molecule has 6 nitrogen and oxygen atoms in total. The summed E-state index contributed by atoms with van der Waals surface area (Å²) in [4.78, 5) is 15.2. The van der Waals surface area contributed by atoms with Crippen LogP contribution in [0, 0.1) is 19.8 Å². The molecule has 0 spiro atoms. The van der Waals surface area contributed by atoms with Crippen molar-refractivity contribution in [2.75, 3.05) is 27.2 Å². The maximum atomic E-state index is 13.1. The van der Waals surface area contributed by atoms with E-state index < -0.39 is 10.0 Å². The van der Waals surface area contributed by atoms with Crippen molar-refractivity contribution in [1.82, 2.24) is 9.21 Å². The summed E-state index contributed by atoms with van der Waals surface area (Å²) in [6.07, 6.45) is 1.07. The predicted octanol–water partition coefficient (Wildman–Crippen LogP) is 4.52. The first kappa shape index (κ1) is 24.2. The molecule has 0 atom stereocenters. The van der Waals surface area contributed by atoms with Gasteiger partial charge in [0.2, 0.25) is 15.9 Å². The highest BCUT2D eigenvalue weighted by atomic mass is 32.2. The van der Waals surface area contributed by atoms with Gasteiger partial charge in [0.15, 0.2) is 0 Å². The van der Waals surface area contributed by atoms with E-state index in [0.717, 1.165) is 33.2 Å². The lowest BCUT2D eigenvalue weighted by Gasteiger charge is -2.33. The Balaban J connectivity index is 1.38. The smallest absolute Gasteiger partial charge is 0.243 e. The summed E-state index contributed by atoms with van der Waals surface area (Å²) in [6, 6.07) is 17.5. The number of rotatable bonds is 6. The van der Waals surface area contributed by atoms with Gasteiger partial charge in [0.05, 0.1) is 12.0 Å². The molecule has 180 valence electrons. The number of amides is 1. The van der Waals surface area contributed by atoms with Gasteiger partial charge >= 0.3 is 0 Å². The fourth-order valence-electron chi connectivity index (χ4n) is 4.73. The number of ether oxygens (including phenoxy) is 1. The first-order chi connectivity index (χ1) is 16.2. The molecule has 3 aromatic rings. The van der Waals surface area contributed by atoms with Crippen LogP contribution >= 0.6 is 0 Å². The van der Waals surface area contributed by atoms with Gasteiger partial charge in [-0.25, -0.2) is 8.42 Å². The second-order valence-corrected chi connectivity index (χ2v) is 11.1. The van der Waals surface area contributed by atoms with Crippen molar-refractivity contribution in [2.24, 2.45) is 5.92 Å². The molecular formula is C27H32N2O4S. The van der Waals surface area contributed by atoms with Crippen LogP contribution in [-0.2, 0) is 21.4 Å². The average Bonchev–Trinajstić information content (AvgIpc) is 2.83. The van der Waals surface area contributed by atoms with Crippen LogP contribution in [0.15, 0.2) is 59.5 Å². The molecule has 4 rings (SSSR count). The van der Waals surface area contributed by atoms with Crippen LogP contribution in [0.1, 0.15) is 29.5 Å². The minimum atomic E-state index is -3.55. The number of carbonyl (C=O) groups is 1. The van der Waals surface area contributed by atoms with Crippen LogP contribution in [0.4, 0.5) is 0 Å². The highest BCUT2D eigenvalue weighted by molar-refractivity contribution is 7.89. The van der Waals surface area contributed by atoms with Crippen LogP contribution in [0.2, 0.25) is 0 Å². The van der Waals surface area contributed by atoms with Crippen molar-refractivity contribution in [3.8, 4) is 5.75 Å². The summed E-state index contributed by atoms with van der Waals surface area (Å²) in [5.74, 6) is 0.720. The molecule has 3 aromatic carbocycles. The lowest BCUT2D eigenvalue weighted by atomic mass is 9.96. The predicted molar refractivity (Wildman–Crippen MR) is 134 cm³/mol. The van der Waals surface area contributed by atoms with E-state index in [2.05, 4.69) is 6.07 Å².